The predicted octanol–water partition coefficient (Wildman–Crippen LogP) is 2.46. The second-order valence-corrected chi connectivity index (χ2v) is 5.14. The molecule has 1 fully saturated rings. The molecular formula is C14H21FN2O. The SMILES string of the molecule is CC1CN(c2ccc(F)cc2[C@H](C)N)C(C)CO1. The summed E-state index contributed by atoms with van der Waals surface area (Å²) in [5, 5.41) is 0. The van der Waals surface area contributed by atoms with E-state index in [1.54, 1.807) is 0 Å². The Hall–Kier alpha value is -1.13. The lowest BCUT2D eigenvalue weighted by Gasteiger charge is -2.40. The van der Waals surface area contributed by atoms with Gasteiger partial charge in [-0.15, -0.1) is 0 Å². The van der Waals surface area contributed by atoms with Gasteiger partial charge >= 0.3 is 0 Å². The second kappa shape index (κ2) is 5.24. The van der Waals surface area contributed by atoms with Crippen LogP contribution in [0.3, 0.4) is 0 Å². The summed E-state index contributed by atoms with van der Waals surface area (Å²) in [4.78, 5) is 2.26. The largest absolute Gasteiger partial charge is 0.375 e. The molecule has 3 atom stereocenters. The molecule has 1 aliphatic heterocycles. The Morgan fingerprint density at radius 1 is 1.44 bits per heavy atom. The van der Waals surface area contributed by atoms with E-state index in [0.29, 0.717) is 6.61 Å². The van der Waals surface area contributed by atoms with Crippen molar-refractivity contribution in [2.75, 3.05) is 18.1 Å². The molecule has 1 heterocycles. The van der Waals surface area contributed by atoms with Crippen LogP contribution in [0.25, 0.3) is 0 Å². The smallest absolute Gasteiger partial charge is 0.123 e. The summed E-state index contributed by atoms with van der Waals surface area (Å²) < 4.78 is 19.0. The number of morpholine rings is 1. The van der Waals surface area contributed by atoms with Crippen molar-refractivity contribution in [3.8, 4) is 0 Å². The second-order valence-electron chi connectivity index (χ2n) is 5.14. The molecule has 18 heavy (non-hydrogen) atoms. The highest BCUT2D eigenvalue weighted by Crippen LogP contribution is 2.29. The average molecular weight is 252 g/mol. The van der Waals surface area contributed by atoms with E-state index < -0.39 is 0 Å². The third-order valence-electron chi connectivity index (χ3n) is 3.40. The molecule has 0 spiro atoms. The van der Waals surface area contributed by atoms with Crippen LogP contribution in [-0.2, 0) is 4.74 Å². The van der Waals surface area contributed by atoms with E-state index in [9.17, 15) is 4.39 Å². The summed E-state index contributed by atoms with van der Waals surface area (Å²) in [5.74, 6) is -0.236. The monoisotopic (exact) mass is 252 g/mol. The Balaban J connectivity index is 2.36. The number of hydrogen-bond acceptors (Lipinski definition) is 3. The molecule has 2 rings (SSSR count). The first kappa shape index (κ1) is 13.3. The molecule has 0 saturated carbocycles. The van der Waals surface area contributed by atoms with Gasteiger partial charge in [-0.2, -0.15) is 0 Å². The van der Waals surface area contributed by atoms with Crippen molar-refractivity contribution in [3.05, 3.63) is 29.6 Å². The highest BCUT2D eigenvalue weighted by molar-refractivity contribution is 5.56. The zero-order valence-corrected chi connectivity index (χ0v) is 11.2. The molecule has 0 bridgehead atoms. The lowest BCUT2D eigenvalue weighted by molar-refractivity contribution is 0.0343. The Bertz CT molecular complexity index is 422. The molecule has 0 aliphatic carbocycles. The van der Waals surface area contributed by atoms with Crippen molar-refractivity contribution in [2.45, 2.75) is 39.0 Å². The van der Waals surface area contributed by atoms with Gasteiger partial charge in [-0.25, -0.2) is 4.39 Å². The molecule has 1 saturated heterocycles. The van der Waals surface area contributed by atoms with Crippen LogP contribution in [0, 0.1) is 5.82 Å². The molecule has 1 aromatic carbocycles. The van der Waals surface area contributed by atoms with Crippen molar-refractivity contribution in [1.82, 2.24) is 0 Å². The van der Waals surface area contributed by atoms with Gasteiger partial charge in [-0.05, 0) is 44.5 Å². The first-order valence-electron chi connectivity index (χ1n) is 6.42. The fourth-order valence-electron chi connectivity index (χ4n) is 2.39. The van der Waals surface area contributed by atoms with E-state index in [-0.39, 0.29) is 24.0 Å². The first-order valence-corrected chi connectivity index (χ1v) is 6.42. The van der Waals surface area contributed by atoms with Crippen LogP contribution < -0.4 is 10.6 Å². The van der Waals surface area contributed by atoms with Gasteiger partial charge in [0.2, 0.25) is 0 Å². The van der Waals surface area contributed by atoms with Gasteiger partial charge in [0, 0.05) is 24.3 Å². The quantitative estimate of drug-likeness (QED) is 0.878. The van der Waals surface area contributed by atoms with Crippen molar-refractivity contribution in [2.24, 2.45) is 5.73 Å². The van der Waals surface area contributed by atoms with E-state index in [1.807, 2.05) is 19.9 Å². The molecule has 1 aromatic rings. The van der Waals surface area contributed by atoms with Gasteiger partial charge in [-0.1, -0.05) is 0 Å². The predicted molar refractivity (Wildman–Crippen MR) is 71.2 cm³/mol. The standard InChI is InChI=1S/C14H21FN2O/c1-9-8-18-10(2)7-17(9)14-5-4-12(15)6-13(14)11(3)16/h4-6,9-11H,7-8,16H2,1-3H3/t9?,10?,11-/m0/s1. The summed E-state index contributed by atoms with van der Waals surface area (Å²) >= 11 is 0. The highest BCUT2D eigenvalue weighted by Gasteiger charge is 2.26. The third kappa shape index (κ3) is 2.65. The van der Waals surface area contributed by atoms with Crippen molar-refractivity contribution < 1.29 is 9.13 Å². The Morgan fingerprint density at radius 3 is 2.83 bits per heavy atom. The van der Waals surface area contributed by atoms with Gasteiger partial charge in [-0.3, -0.25) is 0 Å². The third-order valence-corrected chi connectivity index (χ3v) is 3.40. The lowest BCUT2D eigenvalue weighted by Crippen LogP contribution is -2.48. The van der Waals surface area contributed by atoms with Crippen LogP contribution in [0.15, 0.2) is 18.2 Å². The van der Waals surface area contributed by atoms with Gasteiger partial charge in [0.15, 0.2) is 0 Å². The van der Waals surface area contributed by atoms with Gasteiger partial charge < -0.3 is 15.4 Å². The lowest BCUT2D eigenvalue weighted by atomic mass is 10.0. The maximum Gasteiger partial charge on any atom is 0.123 e. The number of nitrogens with zero attached hydrogens (tertiary/aromatic N) is 1. The molecule has 100 valence electrons. The minimum Gasteiger partial charge on any atom is -0.375 e. The van der Waals surface area contributed by atoms with E-state index in [1.165, 1.54) is 12.1 Å². The molecule has 3 nitrogen and oxygen atoms in total. The number of ether oxygens (including phenoxy) is 1. The highest BCUT2D eigenvalue weighted by atomic mass is 19.1. The molecule has 2 N–H and O–H groups in total. The van der Waals surface area contributed by atoms with Crippen LogP contribution in [0.1, 0.15) is 32.4 Å². The fraction of sp³-hybridized carbons (Fsp3) is 0.571. The van der Waals surface area contributed by atoms with E-state index >= 15 is 0 Å². The molecule has 1 aliphatic rings. The molecule has 2 unspecified atom stereocenters. The Kier molecular flexibility index (Phi) is 3.88. The van der Waals surface area contributed by atoms with Crippen LogP contribution >= 0.6 is 0 Å². The summed E-state index contributed by atoms with van der Waals surface area (Å²) in [7, 11) is 0. The van der Waals surface area contributed by atoms with Crippen LogP contribution in [0.4, 0.5) is 10.1 Å². The normalized spacial score (nSPS) is 26.2. The minimum absolute atomic E-state index is 0.180. The van der Waals surface area contributed by atoms with Crippen LogP contribution in [-0.4, -0.2) is 25.3 Å². The van der Waals surface area contributed by atoms with Crippen LogP contribution in [0.2, 0.25) is 0 Å². The van der Waals surface area contributed by atoms with Gasteiger partial charge in [0.1, 0.15) is 5.82 Å². The first-order chi connectivity index (χ1) is 8.49. The van der Waals surface area contributed by atoms with Gasteiger partial charge in [0.25, 0.3) is 0 Å². The Morgan fingerprint density at radius 2 is 2.17 bits per heavy atom. The summed E-state index contributed by atoms with van der Waals surface area (Å²) in [5.41, 5.74) is 7.83. The number of hydrogen-bond donors (Lipinski definition) is 1. The van der Waals surface area contributed by atoms with Crippen molar-refractivity contribution in [1.29, 1.82) is 0 Å². The van der Waals surface area contributed by atoms with E-state index in [4.69, 9.17) is 10.5 Å². The van der Waals surface area contributed by atoms with E-state index in [0.717, 1.165) is 17.8 Å². The summed E-state index contributed by atoms with van der Waals surface area (Å²) in [6.45, 7) is 7.55. The molecule has 0 radical (unpaired) electrons. The maximum absolute atomic E-state index is 13.3. The maximum atomic E-state index is 13.3. The van der Waals surface area contributed by atoms with Crippen LogP contribution in [0.5, 0.6) is 0 Å². The molecule has 0 aromatic heterocycles. The number of nitrogens with two attached hydrogens (primary N) is 1. The number of anilines is 1. The van der Waals surface area contributed by atoms with Gasteiger partial charge in [0.05, 0.1) is 12.7 Å². The van der Waals surface area contributed by atoms with E-state index in [2.05, 4.69) is 11.8 Å². The summed E-state index contributed by atoms with van der Waals surface area (Å²) in [6.07, 6.45) is 0.187. The zero-order valence-electron chi connectivity index (χ0n) is 11.2. The Labute approximate surface area is 108 Å². The molecular weight excluding hydrogens is 231 g/mol. The average Bonchev–Trinajstić information content (AvgIpc) is 2.32. The molecule has 4 heteroatoms. The minimum atomic E-state index is -0.236. The summed E-state index contributed by atoms with van der Waals surface area (Å²) in [6, 6.07) is 4.95. The number of halogens is 1. The van der Waals surface area contributed by atoms with Crippen molar-refractivity contribution >= 4 is 5.69 Å². The number of benzene rings is 1. The fourth-order valence-corrected chi connectivity index (χ4v) is 2.39. The molecule has 0 amide bonds. The zero-order chi connectivity index (χ0) is 13.3. The topological polar surface area (TPSA) is 38.5 Å². The number of rotatable bonds is 2. The van der Waals surface area contributed by atoms with Crippen molar-refractivity contribution in [3.63, 3.8) is 0 Å².